The second-order valence-corrected chi connectivity index (χ2v) is 14.7. The molecule has 0 saturated heterocycles. The number of nitrogens with one attached hydrogen (secondary N) is 1. The molecular weight excluding hydrogens is 680 g/mol. The number of fused-ring (bicyclic) bond motifs is 5. The normalized spacial score (nSPS) is 31.1. The first-order valence-electron chi connectivity index (χ1n) is 17.6. The van der Waals surface area contributed by atoms with Crippen molar-refractivity contribution < 1.29 is 63.6 Å². The van der Waals surface area contributed by atoms with Crippen molar-refractivity contribution in [2.45, 2.75) is 89.9 Å². The minimum Gasteiger partial charge on any atom is -0.464 e. The summed E-state index contributed by atoms with van der Waals surface area (Å²) >= 11 is 0. The number of nitrogens with zero attached hydrogens (tertiary/aromatic N) is 1. The topological polar surface area (TPSA) is 218 Å². The molecule has 0 bridgehead atoms. The zero-order valence-corrected chi connectivity index (χ0v) is 29.6. The lowest BCUT2D eigenvalue weighted by molar-refractivity contribution is -0.492. The Labute approximate surface area is 301 Å². The van der Waals surface area contributed by atoms with Gasteiger partial charge in [-0.3, -0.25) is 29.6 Å². The van der Waals surface area contributed by atoms with Gasteiger partial charge in [-0.15, -0.1) is 0 Å². The molecule has 15 heteroatoms. The number of aliphatic hydroxyl groups is 2. The summed E-state index contributed by atoms with van der Waals surface area (Å²) in [7, 11) is 0. The van der Waals surface area contributed by atoms with Crippen LogP contribution in [-0.2, 0) is 39.9 Å². The van der Waals surface area contributed by atoms with E-state index in [1.807, 2.05) is 13.0 Å². The molecule has 52 heavy (non-hydrogen) atoms. The molecular formula is C37H48N2O13. The van der Waals surface area contributed by atoms with Crippen molar-refractivity contribution in [3.05, 3.63) is 53.6 Å². The summed E-state index contributed by atoms with van der Waals surface area (Å²) < 4.78 is 15.6. The monoisotopic (exact) mass is 728 g/mol. The van der Waals surface area contributed by atoms with Crippen LogP contribution in [0.4, 0.5) is 4.79 Å². The fourth-order valence-electron chi connectivity index (χ4n) is 9.15. The molecule has 0 radical (unpaired) electrons. The molecule has 0 aliphatic heterocycles. The van der Waals surface area contributed by atoms with E-state index in [4.69, 9.17) is 24.6 Å². The average Bonchev–Trinajstić information content (AvgIpc) is 3.35. The number of benzene rings is 1. The first-order valence-corrected chi connectivity index (χ1v) is 17.6. The van der Waals surface area contributed by atoms with Crippen LogP contribution in [0.25, 0.3) is 0 Å². The summed E-state index contributed by atoms with van der Waals surface area (Å²) in [6, 6.07) is 5.08. The van der Waals surface area contributed by atoms with Crippen LogP contribution in [0.3, 0.4) is 0 Å². The summed E-state index contributed by atoms with van der Waals surface area (Å²) in [4.78, 5) is 67.0. The number of Topliss-reactive ketones (excluding diaryl/α,β-unsaturated/α-hetero) is 1. The van der Waals surface area contributed by atoms with Crippen molar-refractivity contribution in [3.8, 4) is 5.75 Å². The number of allylic oxidation sites excluding steroid dienone is 4. The lowest BCUT2D eigenvalue weighted by Crippen LogP contribution is -2.61. The molecule has 0 spiro atoms. The van der Waals surface area contributed by atoms with Gasteiger partial charge < -0.3 is 29.7 Å². The third-order valence-electron chi connectivity index (χ3n) is 11.6. The number of carbonyl (C=O) groups excluding carboxylic acids is 5. The summed E-state index contributed by atoms with van der Waals surface area (Å²) in [5.74, 6) is -1.90. The smallest absolute Gasteiger partial charge is 0.464 e. The molecule has 5 rings (SSSR count). The molecule has 8 atom stereocenters. The molecule has 0 heterocycles. The molecule has 4 aliphatic carbocycles. The van der Waals surface area contributed by atoms with Crippen molar-refractivity contribution in [3.63, 3.8) is 0 Å². The van der Waals surface area contributed by atoms with Gasteiger partial charge in [0.05, 0.1) is 24.7 Å². The zero-order chi connectivity index (χ0) is 37.8. The van der Waals surface area contributed by atoms with E-state index in [0.717, 1.165) is 12.0 Å². The van der Waals surface area contributed by atoms with Crippen LogP contribution in [0, 0.1) is 28.6 Å². The van der Waals surface area contributed by atoms with Gasteiger partial charge >= 0.3 is 12.1 Å². The van der Waals surface area contributed by atoms with Crippen molar-refractivity contribution in [2.24, 2.45) is 28.6 Å². The number of aliphatic hydroxyl groups excluding tert-OH is 1. The maximum absolute atomic E-state index is 13.6. The molecule has 15 nitrogen and oxygen atoms in total. The Morgan fingerprint density at radius 3 is 2.44 bits per heavy atom. The highest BCUT2D eigenvalue weighted by atomic mass is 17.1. The number of hydrogen-bond acceptors (Lipinski definition) is 14. The van der Waals surface area contributed by atoms with Gasteiger partial charge in [-0.25, -0.2) is 9.59 Å². The van der Waals surface area contributed by atoms with Gasteiger partial charge in [0.1, 0.15) is 17.4 Å². The highest BCUT2D eigenvalue weighted by Gasteiger charge is 2.68. The van der Waals surface area contributed by atoms with Crippen molar-refractivity contribution in [1.29, 1.82) is 0 Å². The Balaban J connectivity index is 1.13. The van der Waals surface area contributed by atoms with E-state index in [9.17, 15) is 34.2 Å². The van der Waals surface area contributed by atoms with Gasteiger partial charge in [-0.1, -0.05) is 37.6 Å². The van der Waals surface area contributed by atoms with Crippen LogP contribution >= 0.6 is 0 Å². The zero-order valence-electron chi connectivity index (χ0n) is 29.6. The summed E-state index contributed by atoms with van der Waals surface area (Å²) in [6.45, 7) is 4.46. The molecule has 284 valence electrons. The highest BCUT2D eigenvalue weighted by molar-refractivity contribution is 6.01. The van der Waals surface area contributed by atoms with E-state index in [0.29, 0.717) is 31.2 Å². The molecule has 1 aromatic carbocycles. The van der Waals surface area contributed by atoms with Gasteiger partial charge in [0, 0.05) is 30.1 Å². The third-order valence-corrected chi connectivity index (χ3v) is 11.6. The van der Waals surface area contributed by atoms with E-state index in [1.165, 1.54) is 19.1 Å². The number of hydrogen-bond donors (Lipinski definition) is 5. The van der Waals surface area contributed by atoms with Crippen LogP contribution in [0.15, 0.2) is 48.1 Å². The Kier molecular flexibility index (Phi) is 12.0. The molecule has 1 aromatic rings. The van der Waals surface area contributed by atoms with Gasteiger partial charge in [0.15, 0.2) is 12.4 Å². The molecule has 1 amide bonds. The summed E-state index contributed by atoms with van der Waals surface area (Å²) in [6.07, 6.45) is 6.39. The van der Waals surface area contributed by atoms with E-state index < -0.39 is 64.4 Å². The highest BCUT2D eigenvalue weighted by Crippen LogP contribution is 2.67. The molecule has 0 unspecified atom stereocenters. The number of unbranched alkanes of at least 4 members (excludes halogenated alkanes) is 1. The van der Waals surface area contributed by atoms with Crippen LogP contribution < -0.4 is 10.1 Å². The van der Waals surface area contributed by atoms with Crippen LogP contribution in [-0.4, -0.2) is 93.2 Å². The Morgan fingerprint density at radius 2 is 1.75 bits per heavy atom. The SMILES string of the molecule is CC(=O)N[C@@H](Cc1ccc(OC(=O)OCC(=O)[C@@]2(O)CC[C@H]3[C@@H]4CCC5=CC(=O)C=C[C@]5(C)[C@H]4[C@@H](O)C[C@@]32C)cc1)C(=O)OCCCCON(O)O. The molecule has 4 aliphatic rings. The summed E-state index contributed by atoms with van der Waals surface area (Å²) in [5.41, 5.74) is -1.61. The standard InChI is InChI=1S/C37H48N2O13/c1-22(40)38-29(33(44)49-16-4-5-17-51-39(47)48)18-23-6-9-26(10-7-23)52-34(45)50-21-31(43)37(46)15-13-28-27-11-8-24-19-25(41)12-14-35(24,2)32(27)30(42)20-36(28,37)3/h6-7,9-10,12,14,19,27-30,32,42,46-48H,4-5,8,11,13,15-18,20-21H2,1-3H3,(H,38,40)/t27-,28-,29-,30-,32+,35-,36-,37-/m0/s1. The van der Waals surface area contributed by atoms with E-state index in [-0.39, 0.29) is 61.8 Å². The van der Waals surface area contributed by atoms with Gasteiger partial charge in [-0.2, -0.15) is 0 Å². The van der Waals surface area contributed by atoms with Crippen molar-refractivity contribution in [2.75, 3.05) is 19.8 Å². The fraction of sp³-hybridized carbons (Fsp3) is 0.595. The second kappa shape index (κ2) is 15.9. The minimum atomic E-state index is -1.82. The Bertz CT molecular complexity index is 1590. The summed E-state index contributed by atoms with van der Waals surface area (Å²) in [5, 5.41) is 42.7. The van der Waals surface area contributed by atoms with Gasteiger partial charge in [0.2, 0.25) is 11.7 Å². The van der Waals surface area contributed by atoms with Crippen LogP contribution in [0.2, 0.25) is 0 Å². The molecule has 5 N–H and O–H groups in total. The number of amides is 1. The minimum absolute atomic E-state index is 0.00524. The molecule has 3 saturated carbocycles. The van der Waals surface area contributed by atoms with Crippen molar-refractivity contribution >= 4 is 29.6 Å². The van der Waals surface area contributed by atoms with E-state index in [2.05, 4.69) is 17.1 Å². The third kappa shape index (κ3) is 8.14. The average molecular weight is 729 g/mol. The maximum Gasteiger partial charge on any atom is 0.514 e. The predicted octanol–water partition coefficient (Wildman–Crippen LogP) is 3.16. The Morgan fingerprint density at radius 1 is 1.04 bits per heavy atom. The lowest BCUT2D eigenvalue weighted by atomic mass is 9.46. The Hall–Kier alpha value is -3.99. The van der Waals surface area contributed by atoms with E-state index in [1.54, 1.807) is 24.3 Å². The maximum atomic E-state index is 13.6. The molecule has 3 fully saturated rings. The van der Waals surface area contributed by atoms with Crippen LogP contribution in [0.5, 0.6) is 5.75 Å². The quantitative estimate of drug-likeness (QED) is 0.0805. The number of rotatable bonds is 14. The number of ether oxygens (including phenoxy) is 3. The first-order chi connectivity index (χ1) is 24.6. The largest absolute Gasteiger partial charge is 0.514 e. The molecule has 0 aromatic heterocycles. The van der Waals surface area contributed by atoms with E-state index >= 15 is 0 Å². The van der Waals surface area contributed by atoms with Crippen LogP contribution in [0.1, 0.15) is 71.3 Å². The number of esters is 1. The number of ketones is 2. The van der Waals surface area contributed by atoms with Crippen molar-refractivity contribution in [1.82, 2.24) is 10.7 Å². The lowest BCUT2D eigenvalue weighted by Gasteiger charge is -2.59. The van der Waals surface area contributed by atoms with Gasteiger partial charge in [0.25, 0.3) is 0 Å². The second-order valence-electron chi connectivity index (χ2n) is 14.7. The van der Waals surface area contributed by atoms with Gasteiger partial charge in [-0.05, 0) is 86.6 Å². The predicted molar refractivity (Wildman–Crippen MR) is 179 cm³/mol. The first kappa shape index (κ1) is 39.2. The number of carbonyl (C=O) groups is 5. The fourth-order valence-corrected chi connectivity index (χ4v) is 9.15.